The maximum atomic E-state index is 5.51. The Morgan fingerprint density at radius 3 is 2.96 bits per heavy atom. The highest BCUT2D eigenvalue weighted by molar-refractivity contribution is 5.45. The van der Waals surface area contributed by atoms with Gasteiger partial charge >= 0.3 is 0 Å². The normalized spacial score (nSPS) is 27.6. The first kappa shape index (κ1) is 17.1. The highest BCUT2D eigenvalue weighted by atomic mass is 16.7. The summed E-state index contributed by atoms with van der Waals surface area (Å²) >= 11 is 0. The van der Waals surface area contributed by atoms with Gasteiger partial charge in [-0.1, -0.05) is 6.07 Å². The van der Waals surface area contributed by atoms with Gasteiger partial charge in [0.1, 0.15) is 0 Å². The van der Waals surface area contributed by atoms with Crippen LogP contribution >= 0.6 is 0 Å². The Balaban J connectivity index is 1.29. The lowest BCUT2D eigenvalue weighted by Gasteiger charge is -2.32. The number of nitrogens with one attached hydrogen (secondary N) is 3. The zero-order valence-electron chi connectivity index (χ0n) is 14.8. The average molecular weight is 348 g/mol. The SMILES string of the molecule is CC(CNCC1CNNC1c1ccc2c(c1)OCO2)N1CCOCC1. The Hall–Kier alpha value is -1.38. The molecular formula is C18H28N4O3. The van der Waals surface area contributed by atoms with Gasteiger partial charge in [0.15, 0.2) is 11.5 Å². The van der Waals surface area contributed by atoms with Crippen molar-refractivity contribution in [3.63, 3.8) is 0 Å². The molecule has 3 N–H and O–H groups in total. The molecule has 0 aliphatic carbocycles. The van der Waals surface area contributed by atoms with Crippen LogP contribution in [0.3, 0.4) is 0 Å². The van der Waals surface area contributed by atoms with Gasteiger partial charge in [0, 0.05) is 44.7 Å². The van der Waals surface area contributed by atoms with Crippen LogP contribution in [0.1, 0.15) is 18.5 Å². The monoisotopic (exact) mass is 348 g/mol. The summed E-state index contributed by atoms with van der Waals surface area (Å²) in [6.07, 6.45) is 0. The van der Waals surface area contributed by atoms with Crippen LogP contribution in [-0.2, 0) is 4.74 Å². The Labute approximate surface area is 149 Å². The summed E-state index contributed by atoms with van der Waals surface area (Å²) < 4.78 is 16.4. The van der Waals surface area contributed by atoms with Gasteiger partial charge < -0.3 is 19.5 Å². The Bertz CT molecular complexity index is 579. The van der Waals surface area contributed by atoms with Gasteiger partial charge in [-0.05, 0) is 24.6 Å². The molecule has 2 fully saturated rings. The summed E-state index contributed by atoms with van der Waals surface area (Å²) in [5, 5.41) is 3.66. The van der Waals surface area contributed by atoms with Gasteiger partial charge in [-0.2, -0.15) is 0 Å². The minimum absolute atomic E-state index is 0.278. The smallest absolute Gasteiger partial charge is 0.231 e. The predicted molar refractivity (Wildman–Crippen MR) is 94.7 cm³/mol. The van der Waals surface area contributed by atoms with Gasteiger partial charge in [0.25, 0.3) is 0 Å². The number of hydrogen-bond acceptors (Lipinski definition) is 7. The summed E-state index contributed by atoms with van der Waals surface area (Å²) in [5.74, 6) is 2.18. The van der Waals surface area contributed by atoms with E-state index >= 15 is 0 Å². The molecule has 0 aromatic heterocycles. The van der Waals surface area contributed by atoms with Crippen LogP contribution in [0.4, 0.5) is 0 Å². The molecule has 0 radical (unpaired) electrons. The Morgan fingerprint density at radius 2 is 2.08 bits per heavy atom. The molecule has 138 valence electrons. The van der Waals surface area contributed by atoms with E-state index in [0.717, 1.165) is 57.4 Å². The Morgan fingerprint density at radius 1 is 1.24 bits per heavy atom. The molecule has 2 saturated heterocycles. The molecule has 1 aromatic carbocycles. The van der Waals surface area contributed by atoms with E-state index in [4.69, 9.17) is 14.2 Å². The zero-order chi connectivity index (χ0) is 17.1. The van der Waals surface area contributed by atoms with Crippen molar-refractivity contribution in [2.45, 2.75) is 19.0 Å². The van der Waals surface area contributed by atoms with Crippen molar-refractivity contribution in [1.82, 2.24) is 21.1 Å². The number of hydrogen-bond donors (Lipinski definition) is 3. The lowest BCUT2D eigenvalue weighted by atomic mass is 9.94. The fraction of sp³-hybridized carbons (Fsp3) is 0.667. The van der Waals surface area contributed by atoms with Crippen molar-refractivity contribution < 1.29 is 14.2 Å². The van der Waals surface area contributed by atoms with E-state index in [2.05, 4.69) is 40.1 Å². The van der Waals surface area contributed by atoms with E-state index in [0.29, 0.717) is 18.8 Å². The van der Waals surface area contributed by atoms with E-state index in [-0.39, 0.29) is 6.04 Å². The summed E-state index contributed by atoms with van der Waals surface area (Å²) in [5.41, 5.74) is 7.94. The molecule has 3 aliphatic heterocycles. The molecule has 0 saturated carbocycles. The predicted octanol–water partition coefficient (Wildman–Crippen LogP) is 0.491. The first-order valence-electron chi connectivity index (χ1n) is 9.22. The number of rotatable bonds is 6. The lowest BCUT2D eigenvalue weighted by Crippen LogP contribution is -2.47. The molecule has 3 heterocycles. The standard InChI is InChI=1S/C18H28N4O3/c1-13(22-4-6-23-7-5-22)9-19-10-15-11-20-21-18(15)14-2-3-16-17(8-14)25-12-24-16/h2-3,8,13,15,18-21H,4-7,9-12H2,1H3. The average Bonchev–Trinajstić information content (AvgIpc) is 3.30. The van der Waals surface area contributed by atoms with Crippen LogP contribution in [-0.4, -0.2) is 63.7 Å². The third kappa shape index (κ3) is 3.91. The minimum Gasteiger partial charge on any atom is -0.454 e. The number of benzene rings is 1. The second-order valence-corrected chi connectivity index (χ2v) is 7.03. The van der Waals surface area contributed by atoms with Gasteiger partial charge in [0.2, 0.25) is 6.79 Å². The molecule has 0 amide bonds. The molecule has 7 heteroatoms. The molecule has 1 aromatic rings. The minimum atomic E-state index is 0.278. The van der Waals surface area contributed by atoms with Crippen LogP contribution < -0.4 is 25.6 Å². The summed E-state index contributed by atoms with van der Waals surface area (Å²) in [4.78, 5) is 2.50. The largest absolute Gasteiger partial charge is 0.454 e. The first-order chi connectivity index (χ1) is 12.3. The molecule has 3 unspecified atom stereocenters. The molecular weight excluding hydrogens is 320 g/mol. The third-order valence-corrected chi connectivity index (χ3v) is 5.36. The maximum absolute atomic E-state index is 5.51. The maximum Gasteiger partial charge on any atom is 0.231 e. The highest BCUT2D eigenvalue weighted by Crippen LogP contribution is 2.36. The zero-order valence-corrected chi connectivity index (χ0v) is 14.8. The number of ether oxygens (including phenoxy) is 3. The van der Waals surface area contributed by atoms with Crippen LogP contribution in [0.5, 0.6) is 11.5 Å². The lowest BCUT2D eigenvalue weighted by molar-refractivity contribution is 0.0202. The van der Waals surface area contributed by atoms with E-state index < -0.39 is 0 Å². The van der Waals surface area contributed by atoms with Gasteiger partial charge in [-0.15, -0.1) is 0 Å². The topological polar surface area (TPSA) is 67.0 Å². The second-order valence-electron chi connectivity index (χ2n) is 7.03. The van der Waals surface area contributed by atoms with Crippen molar-refractivity contribution in [1.29, 1.82) is 0 Å². The molecule has 3 atom stereocenters. The van der Waals surface area contributed by atoms with Crippen molar-refractivity contribution >= 4 is 0 Å². The van der Waals surface area contributed by atoms with Gasteiger partial charge in [-0.25, -0.2) is 5.43 Å². The fourth-order valence-electron chi connectivity index (χ4n) is 3.81. The van der Waals surface area contributed by atoms with E-state index in [1.54, 1.807) is 0 Å². The number of fused-ring (bicyclic) bond motifs is 1. The third-order valence-electron chi connectivity index (χ3n) is 5.36. The van der Waals surface area contributed by atoms with Crippen LogP contribution in [0.25, 0.3) is 0 Å². The van der Waals surface area contributed by atoms with Crippen LogP contribution in [0, 0.1) is 5.92 Å². The summed E-state index contributed by atoms with van der Waals surface area (Å²) in [6, 6.07) is 7.04. The van der Waals surface area contributed by atoms with E-state index in [1.165, 1.54) is 5.56 Å². The molecule has 4 rings (SSSR count). The summed E-state index contributed by atoms with van der Waals surface area (Å²) in [6.45, 7) is 9.33. The van der Waals surface area contributed by atoms with Crippen LogP contribution in [0.2, 0.25) is 0 Å². The summed E-state index contributed by atoms with van der Waals surface area (Å²) in [7, 11) is 0. The highest BCUT2D eigenvalue weighted by Gasteiger charge is 2.29. The van der Waals surface area contributed by atoms with Crippen molar-refractivity contribution in [3.8, 4) is 11.5 Å². The first-order valence-corrected chi connectivity index (χ1v) is 9.22. The number of hydrazine groups is 1. The number of morpholine rings is 1. The van der Waals surface area contributed by atoms with Crippen molar-refractivity contribution in [3.05, 3.63) is 23.8 Å². The molecule has 7 nitrogen and oxygen atoms in total. The van der Waals surface area contributed by atoms with Crippen molar-refractivity contribution in [2.75, 3.05) is 52.7 Å². The van der Waals surface area contributed by atoms with E-state index in [1.807, 2.05) is 6.07 Å². The fourth-order valence-corrected chi connectivity index (χ4v) is 3.81. The molecule has 0 spiro atoms. The van der Waals surface area contributed by atoms with Gasteiger partial charge in [0.05, 0.1) is 19.3 Å². The quantitative estimate of drug-likeness (QED) is 0.691. The molecule has 25 heavy (non-hydrogen) atoms. The van der Waals surface area contributed by atoms with Gasteiger partial charge in [-0.3, -0.25) is 10.3 Å². The molecule has 0 bridgehead atoms. The van der Waals surface area contributed by atoms with Crippen LogP contribution in [0.15, 0.2) is 18.2 Å². The van der Waals surface area contributed by atoms with E-state index in [9.17, 15) is 0 Å². The second kappa shape index (κ2) is 7.88. The Kier molecular flexibility index (Phi) is 5.38. The number of nitrogens with zero attached hydrogens (tertiary/aromatic N) is 1. The van der Waals surface area contributed by atoms with Crippen molar-refractivity contribution in [2.24, 2.45) is 5.92 Å². The molecule has 3 aliphatic rings.